The summed E-state index contributed by atoms with van der Waals surface area (Å²) < 4.78 is 12.9. The molecule has 28 heavy (non-hydrogen) atoms. The summed E-state index contributed by atoms with van der Waals surface area (Å²) in [5, 5.41) is 0. The second kappa shape index (κ2) is 7.87. The van der Waals surface area contributed by atoms with Crippen molar-refractivity contribution in [3.63, 3.8) is 0 Å². The first-order chi connectivity index (χ1) is 13.6. The summed E-state index contributed by atoms with van der Waals surface area (Å²) in [6.45, 7) is 1.08. The van der Waals surface area contributed by atoms with Gasteiger partial charge in [-0.2, -0.15) is 0 Å². The highest BCUT2D eigenvalue weighted by Gasteiger charge is 2.53. The van der Waals surface area contributed by atoms with Crippen molar-refractivity contribution in [2.75, 3.05) is 23.7 Å². The Morgan fingerprint density at radius 2 is 1.57 bits per heavy atom. The van der Waals surface area contributed by atoms with Crippen LogP contribution in [0, 0.1) is 0 Å². The van der Waals surface area contributed by atoms with E-state index in [4.69, 9.17) is 0 Å². The number of hydrogen-bond donors (Lipinski definition) is 0. The van der Waals surface area contributed by atoms with Crippen molar-refractivity contribution in [2.24, 2.45) is 0 Å². The number of amides is 2. The maximum Gasteiger partial charge on any atom is 0.240 e. The molecule has 5 nitrogen and oxygen atoms in total. The Morgan fingerprint density at radius 3 is 2.21 bits per heavy atom. The summed E-state index contributed by atoms with van der Waals surface area (Å²) in [5.74, 6) is 0.102. The molecule has 1 atom stereocenters. The molecule has 2 aliphatic heterocycles. The molecule has 4 rings (SSSR count). The highest BCUT2D eigenvalue weighted by Crippen LogP contribution is 2.40. The van der Waals surface area contributed by atoms with Crippen LogP contribution in [0.2, 0.25) is 0 Å². The summed E-state index contributed by atoms with van der Waals surface area (Å²) in [6, 6.07) is 19.5. The first-order valence-electron chi connectivity index (χ1n) is 9.68. The van der Waals surface area contributed by atoms with E-state index in [9.17, 15) is 13.8 Å². The van der Waals surface area contributed by atoms with Crippen molar-refractivity contribution in [2.45, 2.75) is 30.6 Å². The van der Waals surface area contributed by atoms with Gasteiger partial charge in [-0.3, -0.25) is 18.7 Å². The van der Waals surface area contributed by atoms with Crippen molar-refractivity contribution in [3.8, 4) is 0 Å². The number of likely N-dealkylation sites (tertiary alicyclic amines) is 1. The van der Waals surface area contributed by atoms with E-state index in [1.807, 2.05) is 65.6 Å². The van der Waals surface area contributed by atoms with Gasteiger partial charge in [0.05, 0.1) is 10.8 Å². The zero-order chi connectivity index (χ0) is 19.6. The summed E-state index contributed by atoms with van der Waals surface area (Å²) in [7, 11) is -1.25. The van der Waals surface area contributed by atoms with Crippen LogP contribution in [0.1, 0.15) is 24.8 Å². The fourth-order valence-corrected chi connectivity index (χ4v) is 5.88. The van der Waals surface area contributed by atoms with Crippen molar-refractivity contribution < 1.29 is 13.8 Å². The van der Waals surface area contributed by atoms with Gasteiger partial charge in [-0.15, -0.1) is 0 Å². The predicted molar refractivity (Wildman–Crippen MR) is 110 cm³/mol. The van der Waals surface area contributed by atoms with E-state index < -0.39 is 15.7 Å². The minimum absolute atomic E-state index is 0.0663. The Bertz CT molecular complexity index is 877. The van der Waals surface area contributed by atoms with E-state index in [1.165, 1.54) is 0 Å². The van der Waals surface area contributed by atoms with E-state index in [0.717, 1.165) is 17.7 Å². The molecule has 2 aliphatic rings. The molecule has 2 amide bonds. The zero-order valence-corrected chi connectivity index (χ0v) is 16.6. The van der Waals surface area contributed by atoms with E-state index in [-0.39, 0.29) is 17.6 Å². The standard InChI is InChI=1S/C22H24N2O3S/c25-20(12-11-18-7-3-1-4-8-18)23-15-13-22(14-16-23)24(21(26)17-28(22)27)19-9-5-2-6-10-19/h1-10H,11-17H2. The van der Waals surface area contributed by atoms with Crippen LogP contribution in [0.15, 0.2) is 60.7 Å². The largest absolute Gasteiger partial charge is 0.342 e. The first kappa shape index (κ1) is 18.9. The molecule has 6 heteroatoms. The van der Waals surface area contributed by atoms with Crippen LogP contribution in [-0.4, -0.2) is 44.6 Å². The number of para-hydroxylation sites is 1. The first-order valence-corrected chi connectivity index (χ1v) is 11.0. The van der Waals surface area contributed by atoms with E-state index in [0.29, 0.717) is 32.4 Å². The lowest BCUT2D eigenvalue weighted by molar-refractivity contribution is -0.132. The molecule has 0 bridgehead atoms. The lowest BCUT2D eigenvalue weighted by Gasteiger charge is -2.43. The van der Waals surface area contributed by atoms with Gasteiger partial charge in [-0.1, -0.05) is 48.5 Å². The number of carbonyl (C=O) groups is 2. The summed E-state index contributed by atoms with van der Waals surface area (Å²) in [5.41, 5.74) is 1.95. The number of rotatable bonds is 4. The van der Waals surface area contributed by atoms with Gasteiger partial charge in [0.2, 0.25) is 11.8 Å². The van der Waals surface area contributed by atoms with Gasteiger partial charge in [0.25, 0.3) is 0 Å². The average molecular weight is 397 g/mol. The molecule has 2 saturated heterocycles. The van der Waals surface area contributed by atoms with Gasteiger partial charge in [-0.05, 0) is 24.1 Å². The Morgan fingerprint density at radius 1 is 0.964 bits per heavy atom. The second-order valence-corrected chi connectivity index (χ2v) is 9.11. The zero-order valence-electron chi connectivity index (χ0n) is 15.8. The summed E-state index contributed by atoms with van der Waals surface area (Å²) in [4.78, 5) is 28.1. The number of anilines is 1. The van der Waals surface area contributed by atoms with Crippen LogP contribution in [-0.2, 0) is 26.8 Å². The molecule has 146 valence electrons. The van der Waals surface area contributed by atoms with Crippen LogP contribution >= 0.6 is 0 Å². The Kier molecular flexibility index (Phi) is 5.31. The van der Waals surface area contributed by atoms with Gasteiger partial charge < -0.3 is 4.90 Å². The Balaban J connectivity index is 1.43. The molecule has 2 aromatic rings. The minimum atomic E-state index is -1.25. The molecular weight excluding hydrogens is 372 g/mol. The topological polar surface area (TPSA) is 57.7 Å². The molecule has 1 spiro atoms. The molecule has 0 aliphatic carbocycles. The van der Waals surface area contributed by atoms with Gasteiger partial charge in [-0.25, -0.2) is 0 Å². The number of nitrogens with zero attached hydrogens (tertiary/aromatic N) is 2. The highest BCUT2D eigenvalue weighted by atomic mass is 32.2. The maximum absolute atomic E-state index is 12.9. The lowest BCUT2D eigenvalue weighted by Crippen LogP contribution is -2.56. The van der Waals surface area contributed by atoms with Crippen molar-refractivity contribution >= 4 is 28.3 Å². The third kappa shape index (κ3) is 3.49. The maximum atomic E-state index is 12.9. The molecule has 2 heterocycles. The molecule has 0 N–H and O–H groups in total. The fourth-order valence-electron chi connectivity index (χ4n) is 4.21. The molecule has 0 radical (unpaired) electrons. The molecule has 0 saturated carbocycles. The van der Waals surface area contributed by atoms with Crippen molar-refractivity contribution in [1.29, 1.82) is 0 Å². The van der Waals surface area contributed by atoms with Gasteiger partial charge in [0, 0.05) is 38.0 Å². The van der Waals surface area contributed by atoms with E-state index in [2.05, 4.69) is 0 Å². The third-order valence-corrected chi connectivity index (χ3v) is 7.67. The minimum Gasteiger partial charge on any atom is -0.342 e. The SMILES string of the molecule is O=C(CCc1ccccc1)N1CCC2(CC1)N(c1ccccc1)C(=O)CS2=O. The van der Waals surface area contributed by atoms with Gasteiger partial charge >= 0.3 is 0 Å². The second-order valence-electron chi connectivity index (χ2n) is 7.37. The fraction of sp³-hybridized carbons (Fsp3) is 0.364. The van der Waals surface area contributed by atoms with Crippen LogP contribution in [0.3, 0.4) is 0 Å². The normalized spacial score (nSPS) is 21.3. The molecule has 1 unspecified atom stereocenters. The van der Waals surface area contributed by atoms with Crippen LogP contribution in [0.4, 0.5) is 5.69 Å². The molecular formula is C22H24N2O3S. The lowest BCUT2D eigenvalue weighted by atomic mass is 10.00. The molecule has 2 fully saturated rings. The van der Waals surface area contributed by atoms with E-state index in [1.54, 1.807) is 4.90 Å². The summed E-state index contributed by atoms with van der Waals surface area (Å²) >= 11 is 0. The Hall–Kier alpha value is -2.47. The predicted octanol–water partition coefficient (Wildman–Crippen LogP) is 2.73. The number of benzene rings is 2. The van der Waals surface area contributed by atoms with E-state index >= 15 is 0 Å². The number of carbonyl (C=O) groups excluding carboxylic acids is 2. The van der Waals surface area contributed by atoms with Crippen LogP contribution < -0.4 is 4.90 Å². The van der Waals surface area contributed by atoms with Crippen molar-refractivity contribution in [3.05, 3.63) is 66.2 Å². The number of hydrogen-bond acceptors (Lipinski definition) is 3. The third-order valence-electron chi connectivity index (χ3n) is 5.72. The van der Waals surface area contributed by atoms with Gasteiger partial charge in [0.15, 0.2) is 0 Å². The quantitative estimate of drug-likeness (QED) is 0.799. The number of piperidine rings is 1. The van der Waals surface area contributed by atoms with Crippen molar-refractivity contribution in [1.82, 2.24) is 4.90 Å². The molecule has 2 aromatic carbocycles. The summed E-state index contributed by atoms with van der Waals surface area (Å²) in [6.07, 6.45) is 2.30. The average Bonchev–Trinajstić information content (AvgIpc) is 2.97. The number of aryl methyl sites for hydroxylation is 1. The highest BCUT2D eigenvalue weighted by molar-refractivity contribution is 7.88. The molecule has 0 aromatic heterocycles. The smallest absolute Gasteiger partial charge is 0.240 e. The Labute approximate surface area is 167 Å². The van der Waals surface area contributed by atoms with Crippen LogP contribution in [0.25, 0.3) is 0 Å². The monoisotopic (exact) mass is 396 g/mol. The van der Waals surface area contributed by atoms with Gasteiger partial charge in [0.1, 0.15) is 10.6 Å². The van der Waals surface area contributed by atoms with Crippen LogP contribution in [0.5, 0.6) is 0 Å².